The summed E-state index contributed by atoms with van der Waals surface area (Å²) >= 11 is 1.96. The van der Waals surface area contributed by atoms with Gasteiger partial charge >= 0.3 is 0 Å². The molecule has 1 aromatic carbocycles. The zero-order valence-corrected chi connectivity index (χ0v) is 9.49. The van der Waals surface area contributed by atoms with Crippen molar-refractivity contribution in [3.05, 3.63) is 23.9 Å². The van der Waals surface area contributed by atoms with Gasteiger partial charge in [-0.15, -0.1) is 11.8 Å². The van der Waals surface area contributed by atoms with Gasteiger partial charge in [0.25, 0.3) is 0 Å². The van der Waals surface area contributed by atoms with Crippen LogP contribution in [0.4, 0.5) is 0 Å². The molecule has 0 fully saturated rings. The normalized spacial score (nSPS) is 15.3. The maximum absolute atomic E-state index is 5.26. The summed E-state index contributed by atoms with van der Waals surface area (Å²) in [5.41, 5.74) is 2.63. The van der Waals surface area contributed by atoms with E-state index >= 15 is 0 Å². The fourth-order valence-corrected chi connectivity index (χ4v) is 3.24. The number of hydrogen-bond donors (Lipinski definition) is 1. The largest absolute Gasteiger partial charge is 0.497 e. The maximum Gasteiger partial charge on any atom is 0.119 e. The van der Waals surface area contributed by atoms with Crippen molar-refractivity contribution in [2.75, 3.05) is 12.9 Å². The van der Waals surface area contributed by atoms with Gasteiger partial charge in [0.15, 0.2) is 0 Å². The van der Waals surface area contributed by atoms with Crippen molar-refractivity contribution in [3.63, 3.8) is 0 Å². The molecule has 1 N–H and O–H groups in total. The molecule has 0 saturated carbocycles. The highest BCUT2D eigenvalue weighted by atomic mass is 32.2. The smallest absolute Gasteiger partial charge is 0.119 e. The van der Waals surface area contributed by atoms with Crippen molar-refractivity contribution < 1.29 is 4.74 Å². The Hall–Kier alpha value is -1.09. The van der Waals surface area contributed by atoms with Crippen molar-refractivity contribution in [3.8, 4) is 5.75 Å². The molecule has 1 aromatic heterocycles. The standard InChI is InChI=1S/C12H13NOS/c1-14-8-4-5-10-9(7-8)12-11(13-10)3-2-6-15-12/h4-5,7,13H,2-3,6H2,1H3. The molecule has 2 nitrogen and oxygen atoms in total. The van der Waals surface area contributed by atoms with Gasteiger partial charge in [0, 0.05) is 21.5 Å². The van der Waals surface area contributed by atoms with Crippen LogP contribution in [0, 0.1) is 0 Å². The fourth-order valence-electron chi connectivity index (χ4n) is 2.09. The molecule has 2 heterocycles. The van der Waals surface area contributed by atoms with E-state index in [0.717, 1.165) is 5.75 Å². The van der Waals surface area contributed by atoms with Gasteiger partial charge in [-0.05, 0) is 36.8 Å². The molecule has 1 aliphatic rings. The lowest BCUT2D eigenvalue weighted by atomic mass is 10.2. The Labute approximate surface area is 93.0 Å². The van der Waals surface area contributed by atoms with E-state index in [-0.39, 0.29) is 0 Å². The quantitative estimate of drug-likeness (QED) is 0.796. The van der Waals surface area contributed by atoms with E-state index in [1.807, 2.05) is 17.8 Å². The molecular formula is C12H13NOS. The van der Waals surface area contributed by atoms with Crippen LogP contribution >= 0.6 is 11.8 Å². The topological polar surface area (TPSA) is 25.0 Å². The van der Waals surface area contributed by atoms with Crippen molar-refractivity contribution in [1.29, 1.82) is 0 Å². The summed E-state index contributed by atoms with van der Waals surface area (Å²) in [5.74, 6) is 2.17. The molecule has 1 aliphatic heterocycles. The van der Waals surface area contributed by atoms with Gasteiger partial charge in [0.1, 0.15) is 5.75 Å². The van der Waals surface area contributed by atoms with Crippen molar-refractivity contribution in [1.82, 2.24) is 4.98 Å². The molecule has 0 amide bonds. The van der Waals surface area contributed by atoms with Crippen LogP contribution in [0.25, 0.3) is 10.9 Å². The van der Waals surface area contributed by atoms with Crippen LogP contribution in [0.1, 0.15) is 12.1 Å². The predicted octanol–water partition coefficient (Wildman–Crippen LogP) is 3.21. The molecule has 0 spiro atoms. The molecule has 0 unspecified atom stereocenters. The molecule has 2 aromatic rings. The number of H-pyrrole nitrogens is 1. The summed E-state index contributed by atoms with van der Waals surface area (Å²) < 4.78 is 5.26. The monoisotopic (exact) mass is 219 g/mol. The fraction of sp³-hybridized carbons (Fsp3) is 0.333. The summed E-state index contributed by atoms with van der Waals surface area (Å²) in [6.07, 6.45) is 2.46. The van der Waals surface area contributed by atoms with Crippen molar-refractivity contribution >= 4 is 22.7 Å². The second kappa shape index (κ2) is 3.49. The van der Waals surface area contributed by atoms with E-state index in [4.69, 9.17) is 4.74 Å². The summed E-state index contributed by atoms with van der Waals surface area (Å²) in [6, 6.07) is 6.24. The second-order valence-corrected chi connectivity index (χ2v) is 4.90. The Balaban J connectivity index is 2.24. The molecule has 15 heavy (non-hydrogen) atoms. The number of thioether (sulfide) groups is 1. The Bertz CT molecular complexity index is 504. The van der Waals surface area contributed by atoms with Gasteiger partial charge in [0.2, 0.25) is 0 Å². The number of aryl methyl sites for hydroxylation is 1. The number of hydrogen-bond acceptors (Lipinski definition) is 2. The first-order valence-electron chi connectivity index (χ1n) is 5.20. The summed E-state index contributed by atoms with van der Waals surface area (Å²) in [7, 11) is 1.72. The van der Waals surface area contributed by atoms with Crippen LogP contribution in [-0.4, -0.2) is 17.8 Å². The second-order valence-electron chi connectivity index (χ2n) is 3.80. The third-order valence-electron chi connectivity index (χ3n) is 2.85. The highest BCUT2D eigenvalue weighted by Gasteiger charge is 2.15. The minimum atomic E-state index is 0.940. The predicted molar refractivity (Wildman–Crippen MR) is 63.9 cm³/mol. The highest BCUT2D eigenvalue weighted by Crippen LogP contribution is 2.37. The first-order valence-corrected chi connectivity index (χ1v) is 6.18. The van der Waals surface area contributed by atoms with Gasteiger partial charge in [-0.1, -0.05) is 0 Å². The number of aromatic nitrogens is 1. The summed E-state index contributed by atoms with van der Waals surface area (Å²) in [4.78, 5) is 4.92. The lowest BCUT2D eigenvalue weighted by molar-refractivity contribution is 0.415. The number of benzene rings is 1. The average Bonchev–Trinajstić information content (AvgIpc) is 2.66. The molecule has 0 aliphatic carbocycles. The van der Waals surface area contributed by atoms with Crippen LogP contribution in [0.15, 0.2) is 23.1 Å². The van der Waals surface area contributed by atoms with E-state index < -0.39 is 0 Å². The molecule has 78 valence electrons. The van der Waals surface area contributed by atoms with Gasteiger partial charge in [-0.2, -0.15) is 0 Å². The molecule has 0 bridgehead atoms. The third-order valence-corrected chi connectivity index (χ3v) is 4.10. The zero-order valence-electron chi connectivity index (χ0n) is 8.67. The van der Waals surface area contributed by atoms with E-state index in [0.29, 0.717) is 0 Å². The van der Waals surface area contributed by atoms with Crippen LogP contribution < -0.4 is 4.74 Å². The van der Waals surface area contributed by atoms with Gasteiger partial charge in [0.05, 0.1) is 7.11 Å². The number of aromatic amines is 1. The molecule has 3 rings (SSSR count). The molecule has 0 atom stereocenters. The van der Waals surface area contributed by atoms with Crippen LogP contribution in [-0.2, 0) is 6.42 Å². The van der Waals surface area contributed by atoms with E-state index in [1.165, 1.54) is 40.1 Å². The molecule has 3 heteroatoms. The zero-order chi connectivity index (χ0) is 10.3. The number of ether oxygens (including phenoxy) is 1. The van der Waals surface area contributed by atoms with Crippen LogP contribution in [0.5, 0.6) is 5.75 Å². The maximum atomic E-state index is 5.26. The lowest BCUT2D eigenvalue weighted by Gasteiger charge is -2.09. The van der Waals surface area contributed by atoms with E-state index in [9.17, 15) is 0 Å². The third kappa shape index (κ3) is 1.42. The molecular weight excluding hydrogens is 206 g/mol. The van der Waals surface area contributed by atoms with Crippen molar-refractivity contribution in [2.45, 2.75) is 17.7 Å². The van der Waals surface area contributed by atoms with Crippen molar-refractivity contribution in [2.24, 2.45) is 0 Å². The summed E-state index contributed by atoms with van der Waals surface area (Å²) in [6.45, 7) is 0. The molecule has 0 saturated heterocycles. The molecule has 0 radical (unpaired) electrons. The Morgan fingerprint density at radius 1 is 1.40 bits per heavy atom. The Morgan fingerprint density at radius 3 is 3.20 bits per heavy atom. The first kappa shape index (κ1) is 9.16. The first-order chi connectivity index (χ1) is 7.38. The average molecular weight is 219 g/mol. The Kier molecular flexibility index (Phi) is 2.13. The SMILES string of the molecule is COc1ccc2[nH]c3c(c2c1)SCCC3. The summed E-state index contributed by atoms with van der Waals surface area (Å²) in [5, 5.41) is 1.31. The van der Waals surface area contributed by atoms with Gasteiger partial charge < -0.3 is 9.72 Å². The highest BCUT2D eigenvalue weighted by molar-refractivity contribution is 7.99. The number of nitrogens with one attached hydrogen (secondary N) is 1. The van der Waals surface area contributed by atoms with E-state index in [2.05, 4.69) is 17.1 Å². The number of rotatable bonds is 1. The van der Waals surface area contributed by atoms with E-state index in [1.54, 1.807) is 7.11 Å². The lowest BCUT2D eigenvalue weighted by Crippen LogP contribution is -1.95. The number of methoxy groups -OCH3 is 1. The minimum Gasteiger partial charge on any atom is -0.497 e. The Morgan fingerprint density at radius 2 is 2.33 bits per heavy atom. The van der Waals surface area contributed by atoms with Crippen LogP contribution in [0.2, 0.25) is 0 Å². The van der Waals surface area contributed by atoms with Crippen LogP contribution in [0.3, 0.4) is 0 Å². The van der Waals surface area contributed by atoms with Gasteiger partial charge in [-0.25, -0.2) is 0 Å². The number of fused-ring (bicyclic) bond motifs is 3. The minimum absolute atomic E-state index is 0.940. The van der Waals surface area contributed by atoms with Gasteiger partial charge in [-0.3, -0.25) is 0 Å².